The third kappa shape index (κ3) is 3.59. The van der Waals surface area contributed by atoms with Gasteiger partial charge in [0, 0.05) is 0 Å². The molecule has 0 aromatic heterocycles. The normalized spacial score (nSPS) is 15.7. The van der Waals surface area contributed by atoms with Crippen LogP contribution in [0.3, 0.4) is 0 Å². The second kappa shape index (κ2) is 7.20. The van der Waals surface area contributed by atoms with Gasteiger partial charge in [0.15, 0.2) is 0 Å². The molecule has 0 unspecified atom stereocenters. The van der Waals surface area contributed by atoms with Crippen LogP contribution in [0, 0.1) is 0 Å². The fraction of sp³-hybridized carbons (Fsp3) is 0.111. The Morgan fingerprint density at radius 3 is 2.56 bits per heavy atom. The molecule has 2 aromatic rings. The van der Waals surface area contributed by atoms with E-state index in [1.807, 2.05) is 18.2 Å². The molecule has 3 rings (SSSR count). The Labute approximate surface area is 163 Å². The van der Waals surface area contributed by atoms with Crippen LogP contribution in [0.4, 0.5) is 5.69 Å². The Morgan fingerprint density at radius 1 is 1.16 bits per heavy atom. The average Bonchev–Trinajstić information content (AvgIpc) is 2.86. The number of methoxy groups -OCH3 is 1. The van der Waals surface area contributed by atoms with Gasteiger partial charge in [-0.25, -0.2) is 0 Å². The first kappa shape index (κ1) is 18.0. The van der Waals surface area contributed by atoms with Crippen LogP contribution >= 0.6 is 39.1 Å². The van der Waals surface area contributed by atoms with Crippen LogP contribution in [0.2, 0.25) is 10.0 Å². The topological polar surface area (TPSA) is 41.9 Å². The summed E-state index contributed by atoms with van der Waals surface area (Å²) < 4.78 is 6.03. The van der Waals surface area contributed by atoms with Crippen molar-refractivity contribution in [3.63, 3.8) is 0 Å². The Balaban J connectivity index is 1.94. The summed E-state index contributed by atoms with van der Waals surface area (Å²) in [7, 11) is 1.60. The molecule has 2 aromatic carbocycles. The van der Waals surface area contributed by atoms with Crippen molar-refractivity contribution < 1.29 is 9.53 Å². The van der Waals surface area contributed by atoms with E-state index in [9.17, 15) is 4.79 Å². The maximum atomic E-state index is 12.8. The standard InChI is InChI=1S/C18H13BrCl2N2O2/c1-10-13(7-11-3-6-17(25-2)14(19)8-11)18(24)23(22-10)12-4-5-15(20)16(21)9-12/h3-9H,1-2H3/b13-7+. The highest BCUT2D eigenvalue weighted by Crippen LogP contribution is 2.31. The van der Waals surface area contributed by atoms with E-state index in [1.165, 1.54) is 5.01 Å². The Morgan fingerprint density at radius 2 is 1.92 bits per heavy atom. The molecule has 0 saturated heterocycles. The van der Waals surface area contributed by atoms with E-state index in [0.717, 1.165) is 15.8 Å². The summed E-state index contributed by atoms with van der Waals surface area (Å²) in [6.45, 7) is 1.79. The largest absolute Gasteiger partial charge is 0.496 e. The molecule has 128 valence electrons. The summed E-state index contributed by atoms with van der Waals surface area (Å²) in [5.74, 6) is 0.505. The molecule has 1 aliphatic heterocycles. The number of carbonyl (C=O) groups excluding carboxylic acids is 1. The molecule has 0 aliphatic carbocycles. The van der Waals surface area contributed by atoms with Crippen molar-refractivity contribution in [1.82, 2.24) is 0 Å². The van der Waals surface area contributed by atoms with Gasteiger partial charge >= 0.3 is 0 Å². The zero-order valence-corrected chi connectivity index (χ0v) is 16.5. The average molecular weight is 440 g/mol. The molecule has 4 nitrogen and oxygen atoms in total. The summed E-state index contributed by atoms with van der Waals surface area (Å²) in [4.78, 5) is 12.8. The number of nitrogens with zero attached hydrogens (tertiary/aromatic N) is 2. The summed E-state index contributed by atoms with van der Waals surface area (Å²) in [6.07, 6.45) is 1.79. The number of ether oxygens (including phenoxy) is 1. The summed E-state index contributed by atoms with van der Waals surface area (Å²) in [6, 6.07) is 10.5. The zero-order valence-electron chi connectivity index (χ0n) is 13.4. The van der Waals surface area contributed by atoms with Crippen molar-refractivity contribution in [3.05, 3.63) is 62.1 Å². The molecule has 1 aliphatic rings. The number of hydrazone groups is 1. The quantitative estimate of drug-likeness (QED) is 0.586. The SMILES string of the molecule is COc1ccc(/C=C2/C(=O)N(c3ccc(Cl)c(Cl)c3)N=C2C)cc1Br. The van der Waals surface area contributed by atoms with Crippen LogP contribution in [0.5, 0.6) is 5.75 Å². The number of amides is 1. The number of carbonyl (C=O) groups is 1. The van der Waals surface area contributed by atoms with Gasteiger partial charge in [-0.15, -0.1) is 0 Å². The molecular formula is C18H13BrCl2N2O2. The molecule has 25 heavy (non-hydrogen) atoms. The minimum atomic E-state index is -0.220. The molecule has 0 radical (unpaired) electrons. The van der Waals surface area contributed by atoms with Crippen LogP contribution in [0.25, 0.3) is 6.08 Å². The van der Waals surface area contributed by atoms with Crippen LogP contribution in [0.15, 0.2) is 51.5 Å². The highest BCUT2D eigenvalue weighted by molar-refractivity contribution is 9.10. The van der Waals surface area contributed by atoms with E-state index in [4.69, 9.17) is 27.9 Å². The fourth-order valence-corrected chi connectivity index (χ4v) is 3.27. The fourth-order valence-electron chi connectivity index (χ4n) is 2.42. The number of rotatable bonds is 3. The number of anilines is 1. The van der Waals surface area contributed by atoms with Gasteiger partial charge in [-0.2, -0.15) is 10.1 Å². The number of hydrogen-bond acceptors (Lipinski definition) is 3. The maximum Gasteiger partial charge on any atom is 0.280 e. The van der Waals surface area contributed by atoms with Crippen LogP contribution in [0.1, 0.15) is 12.5 Å². The van der Waals surface area contributed by atoms with Crippen molar-refractivity contribution >= 4 is 62.5 Å². The van der Waals surface area contributed by atoms with E-state index < -0.39 is 0 Å². The first-order valence-corrected chi connectivity index (χ1v) is 8.86. The van der Waals surface area contributed by atoms with Crippen molar-refractivity contribution in [2.24, 2.45) is 5.10 Å². The van der Waals surface area contributed by atoms with Crippen LogP contribution in [-0.4, -0.2) is 18.7 Å². The maximum absolute atomic E-state index is 12.8. The second-order valence-corrected chi connectivity index (χ2v) is 7.02. The number of hydrogen-bond donors (Lipinski definition) is 0. The third-order valence-corrected chi connectivity index (χ3v) is 5.06. The molecule has 0 saturated carbocycles. The van der Waals surface area contributed by atoms with E-state index in [1.54, 1.807) is 38.3 Å². The summed E-state index contributed by atoms with van der Waals surface area (Å²) in [5.41, 5.74) is 2.57. The predicted molar refractivity (Wildman–Crippen MR) is 106 cm³/mol. The van der Waals surface area contributed by atoms with E-state index in [0.29, 0.717) is 27.0 Å². The summed E-state index contributed by atoms with van der Waals surface area (Å²) >= 11 is 15.4. The van der Waals surface area contributed by atoms with Gasteiger partial charge in [0.25, 0.3) is 5.91 Å². The van der Waals surface area contributed by atoms with Gasteiger partial charge in [-0.1, -0.05) is 29.3 Å². The molecule has 0 bridgehead atoms. The first-order valence-electron chi connectivity index (χ1n) is 7.31. The highest BCUT2D eigenvalue weighted by Gasteiger charge is 2.29. The lowest BCUT2D eigenvalue weighted by molar-refractivity contribution is -0.114. The van der Waals surface area contributed by atoms with Gasteiger partial charge in [-0.3, -0.25) is 4.79 Å². The predicted octanol–water partition coefficient (Wildman–Crippen LogP) is 5.57. The van der Waals surface area contributed by atoms with Gasteiger partial charge in [-0.05, 0) is 64.8 Å². The van der Waals surface area contributed by atoms with Crippen molar-refractivity contribution in [3.8, 4) is 5.75 Å². The molecule has 0 fully saturated rings. The third-order valence-electron chi connectivity index (χ3n) is 3.70. The lowest BCUT2D eigenvalue weighted by Crippen LogP contribution is -2.21. The van der Waals surface area contributed by atoms with E-state index in [2.05, 4.69) is 21.0 Å². The van der Waals surface area contributed by atoms with Gasteiger partial charge in [0.05, 0.1) is 38.6 Å². The molecular weight excluding hydrogens is 427 g/mol. The van der Waals surface area contributed by atoms with Crippen molar-refractivity contribution in [2.45, 2.75) is 6.92 Å². The molecule has 0 spiro atoms. The van der Waals surface area contributed by atoms with E-state index >= 15 is 0 Å². The molecule has 1 amide bonds. The molecule has 1 heterocycles. The summed E-state index contributed by atoms with van der Waals surface area (Å²) in [5, 5.41) is 6.46. The zero-order chi connectivity index (χ0) is 18.1. The molecule has 0 N–H and O–H groups in total. The Kier molecular flexibility index (Phi) is 5.18. The monoisotopic (exact) mass is 438 g/mol. The molecule has 7 heteroatoms. The Hall–Kier alpha value is -1.82. The number of halogens is 3. The van der Waals surface area contributed by atoms with Crippen molar-refractivity contribution in [2.75, 3.05) is 12.1 Å². The Bertz CT molecular complexity index is 925. The molecule has 0 atom stereocenters. The second-order valence-electron chi connectivity index (χ2n) is 5.35. The van der Waals surface area contributed by atoms with Crippen molar-refractivity contribution in [1.29, 1.82) is 0 Å². The number of benzene rings is 2. The lowest BCUT2D eigenvalue weighted by Gasteiger charge is -2.12. The lowest BCUT2D eigenvalue weighted by atomic mass is 10.1. The highest BCUT2D eigenvalue weighted by atomic mass is 79.9. The van der Waals surface area contributed by atoms with Gasteiger partial charge in [0.1, 0.15) is 5.75 Å². The minimum Gasteiger partial charge on any atom is -0.496 e. The van der Waals surface area contributed by atoms with Gasteiger partial charge in [0.2, 0.25) is 0 Å². The first-order chi connectivity index (χ1) is 11.9. The minimum absolute atomic E-state index is 0.220. The van der Waals surface area contributed by atoms with Crippen LogP contribution in [-0.2, 0) is 4.79 Å². The van der Waals surface area contributed by atoms with E-state index in [-0.39, 0.29) is 5.91 Å². The van der Waals surface area contributed by atoms with Crippen LogP contribution < -0.4 is 9.75 Å². The van der Waals surface area contributed by atoms with Gasteiger partial charge < -0.3 is 4.74 Å². The smallest absolute Gasteiger partial charge is 0.280 e.